The first-order valence-electron chi connectivity index (χ1n) is 2.57. The van der Waals surface area contributed by atoms with Crippen LogP contribution < -0.4 is 5.30 Å². The Morgan fingerprint density at radius 3 is 2.67 bits per heavy atom. The molecule has 1 atom stereocenters. The highest BCUT2D eigenvalue weighted by atomic mass is 127. The molecule has 1 unspecified atom stereocenters. The predicted molar refractivity (Wildman–Crippen MR) is 51.0 cm³/mol. The fraction of sp³-hybridized carbons (Fsp3) is 0.167. The van der Waals surface area contributed by atoms with Crippen molar-refractivity contribution < 1.29 is 0 Å². The summed E-state index contributed by atoms with van der Waals surface area (Å²) in [5, 5.41) is 1.18. The van der Waals surface area contributed by atoms with Gasteiger partial charge in [0.2, 0.25) is 0 Å². The summed E-state index contributed by atoms with van der Waals surface area (Å²) in [5.74, 6) is 0. The normalized spacial score (nSPS) is 9.67. The van der Waals surface area contributed by atoms with Gasteiger partial charge >= 0.3 is 0 Å². The van der Waals surface area contributed by atoms with Gasteiger partial charge in [-0.25, -0.2) is 0 Å². The van der Waals surface area contributed by atoms with Crippen LogP contribution in [-0.2, 0) is 0 Å². The van der Waals surface area contributed by atoms with Crippen molar-refractivity contribution >= 4 is 37.1 Å². The van der Waals surface area contributed by atoms with Crippen molar-refractivity contribution in [2.45, 2.75) is 6.92 Å². The van der Waals surface area contributed by atoms with Gasteiger partial charge in [0.25, 0.3) is 0 Å². The first-order chi connectivity index (χ1) is 4.22. The molecule has 0 aliphatic heterocycles. The van der Waals surface area contributed by atoms with Crippen LogP contribution in [0.4, 0.5) is 0 Å². The summed E-state index contributed by atoms with van der Waals surface area (Å²) in [6.07, 6.45) is 3.71. The fourth-order valence-corrected chi connectivity index (χ4v) is 1.52. The van der Waals surface area contributed by atoms with E-state index in [2.05, 4.69) is 43.7 Å². The number of aromatic nitrogens is 1. The molecule has 3 heteroatoms. The second-order valence-electron chi connectivity index (χ2n) is 1.84. The molecular formula is C6H7INP. The third-order valence-electron chi connectivity index (χ3n) is 1.19. The largest absolute Gasteiger partial charge is 0.263 e. The number of hydrogen-bond donors (Lipinski definition) is 0. The van der Waals surface area contributed by atoms with Gasteiger partial charge in [-0.1, -0.05) is 0 Å². The van der Waals surface area contributed by atoms with E-state index in [0.29, 0.717) is 0 Å². The third-order valence-corrected chi connectivity index (χ3v) is 2.86. The van der Waals surface area contributed by atoms with E-state index >= 15 is 0 Å². The molecule has 0 spiro atoms. The molecule has 1 aromatic rings. The van der Waals surface area contributed by atoms with E-state index in [9.17, 15) is 0 Å². The zero-order valence-corrected chi connectivity index (χ0v) is 8.37. The zero-order valence-electron chi connectivity index (χ0n) is 5.06. The van der Waals surface area contributed by atoms with Crippen molar-refractivity contribution in [3.63, 3.8) is 0 Å². The van der Waals surface area contributed by atoms with E-state index in [1.54, 1.807) is 0 Å². The topological polar surface area (TPSA) is 12.9 Å². The molecule has 0 bridgehead atoms. The van der Waals surface area contributed by atoms with E-state index in [0.717, 1.165) is 0 Å². The lowest BCUT2D eigenvalue weighted by atomic mass is 10.3. The Morgan fingerprint density at radius 1 is 1.56 bits per heavy atom. The van der Waals surface area contributed by atoms with Gasteiger partial charge in [0.15, 0.2) is 0 Å². The number of pyridine rings is 1. The van der Waals surface area contributed by atoms with E-state index in [1.807, 2.05) is 12.4 Å². The van der Waals surface area contributed by atoms with Crippen molar-refractivity contribution in [1.29, 1.82) is 0 Å². The van der Waals surface area contributed by atoms with Gasteiger partial charge in [-0.2, -0.15) is 0 Å². The van der Waals surface area contributed by atoms with Crippen LogP contribution in [0.25, 0.3) is 0 Å². The highest BCUT2D eigenvalue weighted by Crippen LogP contribution is 2.07. The van der Waals surface area contributed by atoms with Crippen LogP contribution in [0.1, 0.15) is 5.56 Å². The van der Waals surface area contributed by atoms with Gasteiger partial charge in [0, 0.05) is 16.0 Å². The molecule has 1 aromatic heterocycles. The molecule has 1 heterocycles. The first kappa shape index (κ1) is 7.42. The van der Waals surface area contributed by atoms with Crippen molar-refractivity contribution in [2.75, 3.05) is 0 Å². The second kappa shape index (κ2) is 2.93. The molecule has 0 saturated carbocycles. The minimum Gasteiger partial charge on any atom is -0.263 e. The lowest BCUT2D eigenvalue weighted by Crippen LogP contribution is -1.99. The van der Waals surface area contributed by atoms with Gasteiger partial charge in [0.05, 0.1) is 0 Å². The average molecular weight is 251 g/mol. The maximum Gasteiger partial charge on any atom is 0.0404 e. The molecule has 48 valence electrons. The Bertz CT molecular complexity index is 204. The molecule has 1 nitrogen and oxygen atoms in total. The van der Waals surface area contributed by atoms with Gasteiger partial charge in [-0.15, -0.1) is 9.24 Å². The van der Waals surface area contributed by atoms with Gasteiger partial charge in [-0.05, 0) is 40.4 Å². The maximum atomic E-state index is 4.02. The van der Waals surface area contributed by atoms with Gasteiger partial charge in [-0.3, -0.25) is 4.98 Å². The number of hydrogen-bond acceptors (Lipinski definition) is 1. The Labute approximate surface area is 70.6 Å². The Morgan fingerprint density at radius 2 is 2.22 bits per heavy atom. The van der Waals surface area contributed by atoms with E-state index in [4.69, 9.17) is 0 Å². The number of rotatable bonds is 0. The van der Waals surface area contributed by atoms with Crippen LogP contribution in [0, 0.1) is 10.5 Å². The summed E-state index contributed by atoms with van der Waals surface area (Å²) in [6, 6.07) is 0. The SMILES string of the molecule is Cc1c(P)cncc1I. The summed E-state index contributed by atoms with van der Waals surface area (Å²) in [4.78, 5) is 4.02. The third kappa shape index (κ3) is 1.62. The fourth-order valence-electron chi connectivity index (χ4n) is 0.515. The van der Waals surface area contributed by atoms with Crippen molar-refractivity contribution in [2.24, 2.45) is 0 Å². The van der Waals surface area contributed by atoms with Crippen molar-refractivity contribution in [3.05, 3.63) is 21.5 Å². The van der Waals surface area contributed by atoms with Crippen LogP contribution in [0.15, 0.2) is 12.4 Å². The molecule has 0 saturated heterocycles. The lowest BCUT2D eigenvalue weighted by Gasteiger charge is -1.98. The summed E-state index contributed by atoms with van der Waals surface area (Å²) in [6.45, 7) is 2.09. The summed E-state index contributed by atoms with van der Waals surface area (Å²) >= 11 is 2.27. The van der Waals surface area contributed by atoms with Crippen LogP contribution in [0.3, 0.4) is 0 Å². The Balaban J connectivity index is 3.25. The summed E-state index contributed by atoms with van der Waals surface area (Å²) in [7, 11) is 2.65. The monoisotopic (exact) mass is 251 g/mol. The first-order valence-corrected chi connectivity index (χ1v) is 4.23. The number of halogens is 1. The number of nitrogens with zero attached hydrogens (tertiary/aromatic N) is 1. The minimum atomic E-state index is 1.18. The molecule has 0 amide bonds. The zero-order chi connectivity index (χ0) is 6.85. The summed E-state index contributed by atoms with van der Waals surface area (Å²) < 4.78 is 1.22. The molecule has 0 radical (unpaired) electrons. The van der Waals surface area contributed by atoms with Crippen LogP contribution in [-0.4, -0.2) is 4.98 Å². The Hall–Kier alpha value is 0.310. The molecule has 0 aliphatic rings. The van der Waals surface area contributed by atoms with E-state index in [-0.39, 0.29) is 0 Å². The quantitative estimate of drug-likeness (QED) is 0.503. The standard InChI is InChI=1S/C6H7INP/c1-4-5(7)2-8-3-6(4)9/h2-3H,9H2,1H3. The maximum absolute atomic E-state index is 4.02. The molecule has 0 aromatic carbocycles. The van der Waals surface area contributed by atoms with Crippen LogP contribution >= 0.6 is 31.8 Å². The molecule has 9 heavy (non-hydrogen) atoms. The van der Waals surface area contributed by atoms with Crippen LogP contribution in [0.5, 0.6) is 0 Å². The average Bonchev–Trinajstić information content (AvgIpc) is 1.83. The minimum absolute atomic E-state index is 1.18. The van der Waals surface area contributed by atoms with Gasteiger partial charge < -0.3 is 0 Å². The molecule has 0 aliphatic carbocycles. The molecule has 1 rings (SSSR count). The molecule has 0 fully saturated rings. The summed E-state index contributed by atoms with van der Waals surface area (Å²) in [5.41, 5.74) is 1.30. The highest BCUT2D eigenvalue weighted by molar-refractivity contribution is 14.1. The van der Waals surface area contributed by atoms with Crippen molar-refractivity contribution in [3.8, 4) is 0 Å². The van der Waals surface area contributed by atoms with E-state index in [1.165, 1.54) is 14.4 Å². The smallest absolute Gasteiger partial charge is 0.0404 e. The van der Waals surface area contributed by atoms with Gasteiger partial charge in [0.1, 0.15) is 0 Å². The predicted octanol–water partition coefficient (Wildman–Crippen LogP) is 1.50. The van der Waals surface area contributed by atoms with Crippen molar-refractivity contribution in [1.82, 2.24) is 4.98 Å². The Kier molecular flexibility index (Phi) is 2.42. The lowest BCUT2D eigenvalue weighted by molar-refractivity contribution is 1.29. The second-order valence-corrected chi connectivity index (χ2v) is 3.62. The molecule has 0 N–H and O–H groups in total. The van der Waals surface area contributed by atoms with Crippen LogP contribution in [0.2, 0.25) is 0 Å². The molecular weight excluding hydrogens is 244 g/mol. The van der Waals surface area contributed by atoms with E-state index < -0.39 is 0 Å². The highest BCUT2D eigenvalue weighted by Gasteiger charge is 1.94.